The second kappa shape index (κ2) is 15.1. The van der Waals surface area contributed by atoms with Crippen LogP contribution in [0.3, 0.4) is 0 Å². The van der Waals surface area contributed by atoms with E-state index in [-0.39, 0.29) is 17.9 Å². The number of carbonyl (C=O) groups excluding carboxylic acids is 2. The van der Waals surface area contributed by atoms with E-state index in [0.717, 1.165) is 29.5 Å². The third-order valence-corrected chi connectivity index (χ3v) is 7.96. The average molecular weight is 572 g/mol. The first-order valence-electron chi connectivity index (χ1n) is 15.0. The first-order chi connectivity index (χ1) is 20.2. The molecule has 3 aromatic rings. The van der Waals surface area contributed by atoms with Crippen molar-refractivity contribution >= 4 is 11.8 Å². The number of carbonyl (C=O) groups is 2. The van der Waals surface area contributed by atoms with Crippen molar-refractivity contribution in [2.24, 2.45) is 0 Å². The molecule has 7 heteroatoms. The van der Waals surface area contributed by atoms with Crippen molar-refractivity contribution < 1.29 is 19.4 Å². The summed E-state index contributed by atoms with van der Waals surface area (Å²) in [5.41, 5.74) is 5.18. The Morgan fingerprint density at radius 1 is 1.00 bits per heavy atom. The summed E-state index contributed by atoms with van der Waals surface area (Å²) < 4.78 is 5.32. The smallest absolute Gasteiger partial charge is 0.254 e. The molecule has 0 unspecified atom stereocenters. The van der Waals surface area contributed by atoms with E-state index in [2.05, 4.69) is 48.7 Å². The summed E-state index contributed by atoms with van der Waals surface area (Å²) in [4.78, 5) is 28.8. The molecule has 224 valence electrons. The maximum atomic E-state index is 13.6. The number of likely N-dealkylation sites (tertiary alicyclic amines) is 1. The topological polar surface area (TPSA) is 90.9 Å². The number of benzene rings is 3. The lowest BCUT2D eigenvalue weighted by molar-refractivity contribution is 0.0630. The van der Waals surface area contributed by atoms with Crippen LogP contribution in [0.4, 0.5) is 0 Å². The van der Waals surface area contributed by atoms with E-state index < -0.39 is 12.1 Å². The van der Waals surface area contributed by atoms with Gasteiger partial charge in [-0.05, 0) is 72.6 Å². The molecule has 1 aliphatic heterocycles. The predicted molar refractivity (Wildman–Crippen MR) is 167 cm³/mol. The van der Waals surface area contributed by atoms with Crippen LogP contribution in [0.1, 0.15) is 75.6 Å². The highest BCUT2D eigenvalue weighted by atomic mass is 16.5. The van der Waals surface area contributed by atoms with Crippen molar-refractivity contribution in [2.75, 3.05) is 26.8 Å². The Labute approximate surface area is 250 Å². The van der Waals surface area contributed by atoms with Crippen molar-refractivity contribution in [1.82, 2.24) is 15.5 Å². The second-order valence-corrected chi connectivity index (χ2v) is 11.7. The van der Waals surface area contributed by atoms with Crippen molar-refractivity contribution in [3.63, 3.8) is 0 Å². The minimum absolute atomic E-state index is 0.0473. The quantitative estimate of drug-likeness (QED) is 0.273. The highest BCUT2D eigenvalue weighted by Gasteiger charge is 2.30. The summed E-state index contributed by atoms with van der Waals surface area (Å²) >= 11 is 0. The van der Waals surface area contributed by atoms with Gasteiger partial charge in [-0.25, -0.2) is 0 Å². The highest BCUT2D eigenvalue weighted by molar-refractivity contribution is 6.00. The lowest BCUT2D eigenvalue weighted by atomic mass is 9.99. The zero-order valence-corrected chi connectivity index (χ0v) is 25.3. The lowest BCUT2D eigenvalue weighted by Gasteiger charge is -2.26. The Morgan fingerprint density at radius 3 is 2.48 bits per heavy atom. The summed E-state index contributed by atoms with van der Waals surface area (Å²) in [6, 6.07) is 23.1. The molecule has 0 spiro atoms. The molecular formula is C35H45N3O4. The molecule has 0 saturated carbocycles. The van der Waals surface area contributed by atoms with Crippen molar-refractivity contribution in [2.45, 2.75) is 70.7 Å². The van der Waals surface area contributed by atoms with E-state index in [1.165, 1.54) is 5.56 Å². The van der Waals surface area contributed by atoms with Crippen LogP contribution >= 0.6 is 0 Å². The molecule has 0 radical (unpaired) electrons. The maximum Gasteiger partial charge on any atom is 0.254 e. The Hall–Kier alpha value is -3.52. The zero-order valence-electron chi connectivity index (χ0n) is 25.3. The fourth-order valence-corrected chi connectivity index (χ4v) is 5.64. The molecule has 0 aliphatic carbocycles. The first kappa shape index (κ1) is 31.4. The summed E-state index contributed by atoms with van der Waals surface area (Å²) in [6.45, 7) is 8.35. The molecule has 0 aromatic heterocycles. The number of methoxy groups -OCH3 is 1. The van der Waals surface area contributed by atoms with Crippen LogP contribution in [-0.4, -0.2) is 66.8 Å². The largest absolute Gasteiger partial charge is 0.390 e. The van der Waals surface area contributed by atoms with Gasteiger partial charge < -0.3 is 25.4 Å². The molecule has 3 atom stereocenters. The van der Waals surface area contributed by atoms with E-state index >= 15 is 0 Å². The lowest BCUT2D eigenvalue weighted by Crippen LogP contribution is -2.48. The van der Waals surface area contributed by atoms with Crippen LogP contribution in [0, 0.1) is 6.92 Å². The minimum atomic E-state index is -0.826. The number of aliphatic hydroxyl groups is 1. The van der Waals surface area contributed by atoms with Gasteiger partial charge in [-0.1, -0.05) is 68.4 Å². The summed E-state index contributed by atoms with van der Waals surface area (Å²) in [5, 5.41) is 17.7. The molecule has 1 saturated heterocycles. The van der Waals surface area contributed by atoms with Gasteiger partial charge in [0.2, 0.25) is 0 Å². The molecule has 7 nitrogen and oxygen atoms in total. The third-order valence-electron chi connectivity index (χ3n) is 7.96. The predicted octanol–water partition coefficient (Wildman–Crippen LogP) is 4.86. The fourth-order valence-electron chi connectivity index (χ4n) is 5.64. The van der Waals surface area contributed by atoms with Crippen LogP contribution in [-0.2, 0) is 17.7 Å². The summed E-state index contributed by atoms with van der Waals surface area (Å²) in [7, 11) is 1.65. The standard InChI is InChI=1S/C35H45N3O4/c1-24(2)28-13-8-12-27(18-28)21-36-22-33(39)32(19-26-10-6-5-7-11-26)37-34(40)29-16-25(3)17-30(20-29)35(41)38-15-9-14-31(38)23-42-4/h5-8,10-13,16-18,20,24,31-33,36,39H,9,14-15,19,21-23H2,1-4H3,(H,37,40)/t31-,32+,33-/m1/s1. The number of aryl methyl sites for hydroxylation is 1. The van der Waals surface area contributed by atoms with Gasteiger partial charge in [0, 0.05) is 37.9 Å². The van der Waals surface area contributed by atoms with Gasteiger partial charge in [0.05, 0.1) is 24.8 Å². The van der Waals surface area contributed by atoms with Gasteiger partial charge >= 0.3 is 0 Å². The van der Waals surface area contributed by atoms with Gasteiger partial charge in [0.15, 0.2) is 0 Å². The number of ether oxygens (including phenoxy) is 1. The third kappa shape index (κ3) is 8.51. The highest BCUT2D eigenvalue weighted by Crippen LogP contribution is 2.22. The van der Waals surface area contributed by atoms with Gasteiger partial charge in [-0.3, -0.25) is 9.59 Å². The van der Waals surface area contributed by atoms with Crippen LogP contribution in [0.5, 0.6) is 0 Å². The summed E-state index contributed by atoms with van der Waals surface area (Å²) in [5.74, 6) is 0.0479. The number of nitrogens with zero attached hydrogens (tertiary/aromatic N) is 1. The molecule has 0 bridgehead atoms. The second-order valence-electron chi connectivity index (χ2n) is 11.7. The Balaban J connectivity index is 1.47. The molecular weight excluding hydrogens is 526 g/mol. The van der Waals surface area contributed by atoms with Gasteiger partial charge in [-0.15, -0.1) is 0 Å². The maximum absolute atomic E-state index is 13.6. The van der Waals surface area contributed by atoms with Crippen molar-refractivity contribution in [3.8, 4) is 0 Å². The molecule has 3 aromatic carbocycles. The molecule has 2 amide bonds. The van der Waals surface area contributed by atoms with Gasteiger partial charge in [-0.2, -0.15) is 0 Å². The van der Waals surface area contributed by atoms with E-state index in [1.807, 2.05) is 48.2 Å². The average Bonchev–Trinajstić information content (AvgIpc) is 3.45. The van der Waals surface area contributed by atoms with Crippen molar-refractivity contribution in [1.29, 1.82) is 0 Å². The van der Waals surface area contributed by atoms with Crippen LogP contribution in [0.15, 0.2) is 72.8 Å². The van der Waals surface area contributed by atoms with Crippen LogP contribution < -0.4 is 10.6 Å². The Bertz CT molecular complexity index is 1330. The molecule has 1 heterocycles. The monoisotopic (exact) mass is 571 g/mol. The van der Waals surface area contributed by atoms with Crippen molar-refractivity contribution in [3.05, 3.63) is 106 Å². The zero-order chi connectivity index (χ0) is 30.1. The van der Waals surface area contributed by atoms with E-state index in [1.54, 1.807) is 19.2 Å². The SMILES string of the molecule is COC[C@H]1CCCN1C(=O)c1cc(C)cc(C(=O)N[C@@H](Cc2ccccc2)[C@H](O)CNCc2cccc(C(C)C)c2)c1. The van der Waals surface area contributed by atoms with Gasteiger partial charge in [0.25, 0.3) is 11.8 Å². The normalized spacial score (nSPS) is 16.4. The molecule has 4 rings (SSSR count). The molecule has 3 N–H and O–H groups in total. The van der Waals surface area contributed by atoms with E-state index in [0.29, 0.717) is 49.7 Å². The number of amides is 2. The summed E-state index contributed by atoms with van der Waals surface area (Å²) in [6.07, 6.45) is 1.50. The molecule has 1 aliphatic rings. The Morgan fingerprint density at radius 2 is 1.74 bits per heavy atom. The number of aliphatic hydroxyl groups excluding tert-OH is 1. The van der Waals surface area contributed by atoms with Crippen LogP contribution in [0.25, 0.3) is 0 Å². The number of hydrogen-bond donors (Lipinski definition) is 3. The minimum Gasteiger partial charge on any atom is -0.390 e. The molecule has 1 fully saturated rings. The van der Waals surface area contributed by atoms with E-state index in [4.69, 9.17) is 4.74 Å². The van der Waals surface area contributed by atoms with Crippen LogP contribution in [0.2, 0.25) is 0 Å². The number of hydrogen-bond acceptors (Lipinski definition) is 5. The molecule has 42 heavy (non-hydrogen) atoms. The van der Waals surface area contributed by atoms with Gasteiger partial charge in [0.1, 0.15) is 0 Å². The number of nitrogens with one attached hydrogen (secondary N) is 2. The van der Waals surface area contributed by atoms with E-state index in [9.17, 15) is 14.7 Å². The fraction of sp³-hybridized carbons (Fsp3) is 0.429. The first-order valence-corrected chi connectivity index (χ1v) is 15.0. The Kier molecular flexibility index (Phi) is 11.3. The number of rotatable bonds is 13.